The van der Waals surface area contributed by atoms with Crippen molar-refractivity contribution in [3.8, 4) is 5.95 Å². The van der Waals surface area contributed by atoms with Gasteiger partial charge in [0, 0.05) is 11.3 Å². The highest BCUT2D eigenvalue weighted by atomic mass is 16.1. The van der Waals surface area contributed by atoms with Gasteiger partial charge in [-0.1, -0.05) is 30.3 Å². The molecule has 4 rings (SSSR count). The summed E-state index contributed by atoms with van der Waals surface area (Å²) in [5.74, 6) is 0.284. The maximum absolute atomic E-state index is 12.5. The maximum Gasteiger partial charge on any atom is 0.255 e. The van der Waals surface area contributed by atoms with Crippen molar-refractivity contribution in [2.24, 2.45) is 0 Å². The van der Waals surface area contributed by atoms with Gasteiger partial charge in [-0.05, 0) is 49.2 Å². The van der Waals surface area contributed by atoms with Crippen LogP contribution in [-0.4, -0.2) is 25.7 Å². The molecule has 2 heterocycles. The summed E-state index contributed by atoms with van der Waals surface area (Å²) in [6.45, 7) is 5.96. The first-order chi connectivity index (χ1) is 13.0. The van der Waals surface area contributed by atoms with Gasteiger partial charge in [0.2, 0.25) is 0 Å². The highest BCUT2D eigenvalue weighted by Crippen LogP contribution is 2.18. The molecule has 2 aromatic heterocycles. The first kappa shape index (κ1) is 16.9. The molecular weight excluding hydrogens is 338 g/mol. The van der Waals surface area contributed by atoms with E-state index in [-0.39, 0.29) is 5.91 Å². The average molecular weight is 357 g/mol. The Morgan fingerprint density at radius 2 is 1.67 bits per heavy atom. The molecule has 4 aromatic rings. The van der Waals surface area contributed by atoms with Gasteiger partial charge in [0.1, 0.15) is 0 Å². The van der Waals surface area contributed by atoms with Gasteiger partial charge in [-0.3, -0.25) is 4.79 Å². The molecule has 0 spiro atoms. The molecule has 0 fully saturated rings. The lowest BCUT2D eigenvalue weighted by Gasteiger charge is -2.07. The zero-order valence-corrected chi connectivity index (χ0v) is 15.4. The molecule has 134 valence electrons. The van der Waals surface area contributed by atoms with E-state index in [1.165, 1.54) is 0 Å². The van der Waals surface area contributed by atoms with Gasteiger partial charge in [0.25, 0.3) is 11.9 Å². The van der Waals surface area contributed by atoms with Crippen LogP contribution >= 0.6 is 0 Å². The van der Waals surface area contributed by atoms with Gasteiger partial charge < -0.3 is 5.32 Å². The zero-order chi connectivity index (χ0) is 19.0. The van der Waals surface area contributed by atoms with Gasteiger partial charge in [0.15, 0.2) is 0 Å². The minimum Gasteiger partial charge on any atom is -0.319 e. The van der Waals surface area contributed by atoms with Crippen LogP contribution in [0.1, 0.15) is 27.3 Å². The number of aromatic nitrogens is 4. The van der Waals surface area contributed by atoms with Crippen molar-refractivity contribution in [1.82, 2.24) is 19.7 Å². The van der Waals surface area contributed by atoms with Crippen molar-refractivity contribution < 1.29 is 4.79 Å². The van der Waals surface area contributed by atoms with Crippen molar-refractivity contribution in [2.75, 3.05) is 5.32 Å². The Morgan fingerprint density at radius 3 is 2.33 bits per heavy atom. The van der Waals surface area contributed by atoms with Gasteiger partial charge in [-0.15, -0.1) is 0 Å². The van der Waals surface area contributed by atoms with E-state index < -0.39 is 0 Å². The minimum absolute atomic E-state index is 0.195. The Bertz CT molecular complexity index is 1150. The van der Waals surface area contributed by atoms with Gasteiger partial charge in [0.05, 0.1) is 23.8 Å². The van der Waals surface area contributed by atoms with Crippen LogP contribution in [0.4, 0.5) is 5.69 Å². The van der Waals surface area contributed by atoms with E-state index in [2.05, 4.69) is 20.4 Å². The fourth-order valence-electron chi connectivity index (χ4n) is 2.94. The molecule has 0 aliphatic carbocycles. The lowest BCUT2D eigenvalue weighted by atomic mass is 10.1. The molecule has 0 aliphatic rings. The second-order valence-corrected chi connectivity index (χ2v) is 6.50. The van der Waals surface area contributed by atoms with Crippen LogP contribution < -0.4 is 5.32 Å². The van der Waals surface area contributed by atoms with E-state index in [0.717, 1.165) is 27.7 Å². The molecule has 6 nitrogen and oxygen atoms in total. The number of fused-ring (bicyclic) bond motifs is 1. The lowest BCUT2D eigenvalue weighted by Crippen LogP contribution is -2.13. The summed E-state index contributed by atoms with van der Waals surface area (Å²) < 4.78 is 1.71. The maximum atomic E-state index is 12.5. The Morgan fingerprint density at radius 1 is 0.963 bits per heavy atom. The van der Waals surface area contributed by atoms with Crippen molar-refractivity contribution in [3.05, 3.63) is 77.4 Å². The molecule has 0 aliphatic heterocycles. The largest absolute Gasteiger partial charge is 0.319 e. The standard InChI is InChI=1S/C21H19N5O/c1-13-14(2)25-26(15(13)3)21-22-11-19(12-23-21)24-20(27)18-9-8-16-6-4-5-7-17(16)10-18/h4-12H,1-3H3,(H,24,27). The fraction of sp³-hybridized carbons (Fsp3) is 0.143. The number of amides is 1. The molecular formula is C21H19N5O. The van der Waals surface area contributed by atoms with E-state index in [9.17, 15) is 4.79 Å². The van der Waals surface area contributed by atoms with Crippen LogP contribution in [0.2, 0.25) is 0 Å². The van der Waals surface area contributed by atoms with Crippen LogP contribution in [0.25, 0.3) is 16.7 Å². The van der Waals surface area contributed by atoms with Crippen LogP contribution in [0, 0.1) is 20.8 Å². The molecule has 2 aromatic carbocycles. The molecule has 0 saturated heterocycles. The number of nitrogens with one attached hydrogen (secondary N) is 1. The molecule has 0 saturated carbocycles. The third kappa shape index (κ3) is 3.17. The van der Waals surface area contributed by atoms with Crippen LogP contribution in [-0.2, 0) is 0 Å². The summed E-state index contributed by atoms with van der Waals surface area (Å²) in [6, 6.07) is 13.6. The quantitative estimate of drug-likeness (QED) is 0.602. The molecule has 0 atom stereocenters. The number of carbonyl (C=O) groups is 1. The first-order valence-corrected chi connectivity index (χ1v) is 8.68. The molecule has 1 amide bonds. The summed E-state index contributed by atoms with van der Waals surface area (Å²) in [4.78, 5) is 21.2. The molecule has 1 N–H and O–H groups in total. The monoisotopic (exact) mass is 357 g/mol. The summed E-state index contributed by atoms with van der Waals surface area (Å²) in [5.41, 5.74) is 4.19. The summed E-state index contributed by atoms with van der Waals surface area (Å²) >= 11 is 0. The number of benzene rings is 2. The minimum atomic E-state index is -0.195. The molecule has 0 radical (unpaired) electrons. The van der Waals surface area contributed by atoms with Gasteiger partial charge in [-0.2, -0.15) is 5.10 Å². The highest BCUT2D eigenvalue weighted by Gasteiger charge is 2.12. The zero-order valence-electron chi connectivity index (χ0n) is 15.4. The number of anilines is 1. The third-order valence-corrected chi connectivity index (χ3v) is 4.75. The second kappa shape index (κ2) is 6.64. The lowest BCUT2D eigenvalue weighted by molar-refractivity contribution is 0.102. The molecule has 6 heteroatoms. The van der Waals surface area contributed by atoms with Crippen molar-refractivity contribution in [1.29, 1.82) is 0 Å². The Balaban J connectivity index is 1.55. The predicted octanol–water partition coefficient (Wildman–Crippen LogP) is 3.99. The number of hydrogen-bond acceptors (Lipinski definition) is 4. The highest BCUT2D eigenvalue weighted by molar-refractivity contribution is 6.06. The second-order valence-electron chi connectivity index (χ2n) is 6.50. The topological polar surface area (TPSA) is 72.7 Å². The van der Waals surface area contributed by atoms with Crippen molar-refractivity contribution >= 4 is 22.4 Å². The smallest absolute Gasteiger partial charge is 0.255 e. The van der Waals surface area contributed by atoms with E-state index in [1.54, 1.807) is 17.1 Å². The van der Waals surface area contributed by atoms with E-state index in [4.69, 9.17) is 0 Å². The summed E-state index contributed by atoms with van der Waals surface area (Å²) in [6.07, 6.45) is 3.18. The van der Waals surface area contributed by atoms with Crippen LogP contribution in [0.5, 0.6) is 0 Å². The van der Waals surface area contributed by atoms with Crippen LogP contribution in [0.3, 0.4) is 0 Å². The summed E-state index contributed by atoms with van der Waals surface area (Å²) in [5, 5.41) is 9.41. The summed E-state index contributed by atoms with van der Waals surface area (Å²) in [7, 11) is 0. The Kier molecular flexibility index (Phi) is 4.16. The average Bonchev–Trinajstić information content (AvgIpc) is 2.95. The number of nitrogens with zero attached hydrogens (tertiary/aromatic N) is 4. The van der Waals surface area contributed by atoms with Crippen LogP contribution in [0.15, 0.2) is 54.9 Å². The Hall–Kier alpha value is -3.54. The van der Waals surface area contributed by atoms with E-state index in [1.807, 2.05) is 63.2 Å². The number of carbonyl (C=O) groups excluding carboxylic acids is 1. The molecule has 0 unspecified atom stereocenters. The third-order valence-electron chi connectivity index (χ3n) is 4.75. The SMILES string of the molecule is Cc1nn(-c2ncc(NC(=O)c3ccc4ccccc4c3)cn2)c(C)c1C. The molecule has 27 heavy (non-hydrogen) atoms. The van der Waals surface area contributed by atoms with Crippen molar-refractivity contribution in [2.45, 2.75) is 20.8 Å². The van der Waals surface area contributed by atoms with E-state index >= 15 is 0 Å². The molecule has 0 bridgehead atoms. The number of hydrogen-bond donors (Lipinski definition) is 1. The van der Waals surface area contributed by atoms with Gasteiger partial charge >= 0.3 is 0 Å². The fourth-order valence-corrected chi connectivity index (χ4v) is 2.94. The number of rotatable bonds is 3. The number of aryl methyl sites for hydroxylation is 1. The predicted molar refractivity (Wildman–Crippen MR) is 105 cm³/mol. The Labute approximate surface area is 156 Å². The van der Waals surface area contributed by atoms with E-state index in [0.29, 0.717) is 17.2 Å². The normalized spacial score (nSPS) is 10.9. The van der Waals surface area contributed by atoms with Gasteiger partial charge in [-0.25, -0.2) is 14.6 Å². The van der Waals surface area contributed by atoms with Crippen molar-refractivity contribution in [3.63, 3.8) is 0 Å². The first-order valence-electron chi connectivity index (χ1n) is 8.68.